The second kappa shape index (κ2) is 8.55. The summed E-state index contributed by atoms with van der Waals surface area (Å²) in [6.07, 6.45) is 0. The summed E-state index contributed by atoms with van der Waals surface area (Å²) in [7, 11) is 1.87. The molecule has 0 radical (unpaired) electrons. The minimum absolute atomic E-state index is 0. The van der Waals surface area contributed by atoms with Crippen molar-refractivity contribution in [2.45, 2.75) is 20.8 Å². The quantitative estimate of drug-likeness (QED) is 0.517. The van der Waals surface area contributed by atoms with Gasteiger partial charge in [0.05, 0.1) is 17.1 Å². The van der Waals surface area contributed by atoms with Crippen molar-refractivity contribution >= 4 is 23.9 Å². The van der Waals surface area contributed by atoms with Crippen molar-refractivity contribution in [3.63, 3.8) is 0 Å². The molecule has 0 fully saturated rings. The van der Waals surface area contributed by atoms with Crippen molar-refractivity contribution in [1.29, 1.82) is 0 Å². The van der Waals surface area contributed by atoms with Crippen LogP contribution in [-0.2, 0) is 7.05 Å². The first-order valence-corrected chi connectivity index (χ1v) is 9.48. The predicted molar refractivity (Wildman–Crippen MR) is 123 cm³/mol. The fourth-order valence-corrected chi connectivity index (χ4v) is 3.34. The summed E-state index contributed by atoms with van der Waals surface area (Å²) >= 11 is 0. The molecule has 0 aliphatic rings. The lowest BCUT2D eigenvalue weighted by molar-refractivity contribution is 0.630. The fourth-order valence-electron chi connectivity index (χ4n) is 3.34. The summed E-state index contributed by atoms with van der Waals surface area (Å²) < 4.78 is 3.49. The van der Waals surface area contributed by atoms with E-state index in [0.717, 1.165) is 22.6 Å². The van der Waals surface area contributed by atoms with Crippen molar-refractivity contribution < 1.29 is 0 Å². The van der Waals surface area contributed by atoms with Gasteiger partial charge in [-0.3, -0.25) is 9.48 Å². The number of halogens is 1. The highest BCUT2D eigenvalue weighted by Crippen LogP contribution is 2.23. The molecule has 30 heavy (non-hydrogen) atoms. The molecule has 2 aromatic heterocycles. The molecule has 0 spiro atoms. The summed E-state index contributed by atoms with van der Waals surface area (Å²) in [4.78, 5) is 22.2. The molecule has 4 aromatic rings. The van der Waals surface area contributed by atoms with Gasteiger partial charge in [-0.05, 0) is 32.9 Å². The second-order valence-electron chi connectivity index (χ2n) is 7.11. The topological polar surface area (TPSA) is 64.7 Å². The summed E-state index contributed by atoms with van der Waals surface area (Å²) in [5.41, 5.74) is 5.04. The summed E-state index contributed by atoms with van der Waals surface area (Å²) in [6.45, 7) is 5.82. The van der Waals surface area contributed by atoms with E-state index < -0.39 is 0 Å². The number of nitrogens with zero attached hydrogens (tertiary/aromatic N) is 4. The molecule has 0 atom stereocenters. The van der Waals surface area contributed by atoms with E-state index in [1.165, 1.54) is 5.56 Å². The maximum Gasteiger partial charge on any atom is 0.295 e. The van der Waals surface area contributed by atoms with Gasteiger partial charge in [-0.25, -0.2) is 14.6 Å². The average Bonchev–Trinajstić information content (AvgIpc) is 2.92. The Morgan fingerprint density at radius 1 is 0.900 bits per heavy atom. The zero-order chi connectivity index (χ0) is 20.5. The van der Waals surface area contributed by atoms with Gasteiger partial charge in [-0.2, -0.15) is 0 Å². The predicted octanol–water partition coefficient (Wildman–Crippen LogP) is 4.72. The van der Waals surface area contributed by atoms with E-state index in [1.54, 1.807) is 4.68 Å². The molecule has 1 N–H and O–H groups in total. The first kappa shape index (κ1) is 21.3. The van der Waals surface area contributed by atoms with Crippen molar-refractivity contribution in [3.05, 3.63) is 88.1 Å². The van der Waals surface area contributed by atoms with Gasteiger partial charge in [-0.15, -0.1) is 12.4 Å². The van der Waals surface area contributed by atoms with E-state index in [2.05, 4.69) is 34.3 Å². The Morgan fingerprint density at radius 2 is 1.57 bits per heavy atom. The Balaban J connectivity index is 0.00000256. The van der Waals surface area contributed by atoms with Crippen LogP contribution < -0.4 is 10.9 Å². The molecule has 4 rings (SSSR count). The number of aryl methyl sites for hydroxylation is 2. The molecular formula is C23H24ClN5O. The van der Waals surface area contributed by atoms with Gasteiger partial charge in [-0.1, -0.05) is 48.0 Å². The van der Waals surface area contributed by atoms with Gasteiger partial charge in [0.2, 0.25) is 0 Å². The Labute approximate surface area is 181 Å². The molecule has 2 heterocycles. The lowest BCUT2D eigenvalue weighted by atomic mass is 10.1. The molecule has 6 nitrogen and oxygen atoms in total. The number of anilines is 2. The van der Waals surface area contributed by atoms with Crippen molar-refractivity contribution in [1.82, 2.24) is 19.3 Å². The van der Waals surface area contributed by atoms with Crippen LogP contribution in [0.15, 0.2) is 65.5 Å². The number of nitrogens with one attached hydrogen (secondary N) is 1. The highest BCUT2D eigenvalue weighted by Gasteiger charge is 2.17. The lowest BCUT2D eigenvalue weighted by Gasteiger charge is -2.08. The molecule has 154 valence electrons. The zero-order valence-electron chi connectivity index (χ0n) is 17.4. The summed E-state index contributed by atoms with van der Waals surface area (Å²) in [5, 5.41) is 3.23. The van der Waals surface area contributed by atoms with Crippen LogP contribution in [0.2, 0.25) is 0 Å². The van der Waals surface area contributed by atoms with Crippen LogP contribution in [0.5, 0.6) is 0 Å². The molecule has 0 saturated carbocycles. The number of hydrogen-bond donors (Lipinski definition) is 1. The van der Waals surface area contributed by atoms with E-state index in [-0.39, 0.29) is 18.0 Å². The number of rotatable bonds is 4. The SMILES string of the molecule is Cc1ccc(-c2cc(Nc3c(C)n(C)n(-c4ccccc4)c3=O)nc(C)n2)cc1.Cl. The monoisotopic (exact) mass is 421 g/mol. The normalized spacial score (nSPS) is 10.5. The van der Waals surface area contributed by atoms with Gasteiger partial charge >= 0.3 is 0 Å². The number of benzene rings is 2. The average molecular weight is 422 g/mol. The van der Waals surface area contributed by atoms with Crippen LogP contribution in [0.3, 0.4) is 0 Å². The van der Waals surface area contributed by atoms with E-state index in [1.807, 2.05) is 74.1 Å². The Bertz CT molecular complexity index is 1230. The number of aromatic nitrogens is 4. The maximum atomic E-state index is 13.1. The van der Waals surface area contributed by atoms with Crippen molar-refractivity contribution in [3.8, 4) is 16.9 Å². The first-order valence-electron chi connectivity index (χ1n) is 9.48. The third-order valence-corrected chi connectivity index (χ3v) is 4.99. The van der Waals surface area contributed by atoms with Gasteiger partial charge in [0.15, 0.2) is 0 Å². The summed E-state index contributed by atoms with van der Waals surface area (Å²) in [6, 6.07) is 19.6. The highest BCUT2D eigenvalue weighted by molar-refractivity contribution is 5.85. The zero-order valence-corrected chi connectivity index (χ0v) is 18.2. The Hall–Kier alpha value is -3.38. The van der Waals surface area contributed by atoms with Crippen LogP contribution >= 0.6 is 12.4 Å². The molecule has 0 aliphatic heterocycles. The molecule has 0 bridgehead atoms. The highest BCUT2D eigenvalue weighted by atomic mass is 35.5. The van der Waals surface area contributed by atoms with Crippen LogP contribution in [0, 0.1) is 20.8 Å². The number of hydrogen-bond acceptors (Lipinski definition) is 4. The second-order valence-corrected chi connectivity index (χ2v) is 7.11. The van der Waals surface area contributed by atoms with E-state index in [4.69, 9.17) is 0 Å². The lowest BCUT2D eigenvalue weighted by Crippen LogP contribution is -2.20. The van der Waals surface area contributed by atoms with E-state index in [9.17, 15) is 4.79 Å². The Morgan fingerprint density at radius 3 is 2.23 bits per heavy atom. The van der Waals surface area contributed by atoms with E-state index in [0.29, 0.717) is 17.3 Å². The largest absolute Gasteiger partial charge is 0.334 e. The minimum atomic E-state index is -0.121. The van der Waals surface area contributed by atoms with Crippen LogP contribution in [-0.4, -0.2) is 19.3 Å². The van der Waals surface area contributed by atoms with Crippen LogP contribution in [0.1, 0.15) is 17.1 Å². The maximum absolute atomic E-state index is 13.1. The van der Waals surface area contributed by atoms with E-state index >= 15 is 0 Å². The third-order valence-electron chi connectivity index (χ3n) is 4.99. The Kier molecular flexibility index (Phi) is 6.08. The molecule has 7 heteroatoms. The molecule has 2 aromatic carbocycles. The first-order chi connectivity index (χ1) is 13.9. The minimum Gasteiger partial charge on any atom is -0.334 e. The molecule has 0 amide bonds. The molecule has 0 saturated heterocycles. The van der Waals surface area contributed by atoms with Crippen LogP contribution in [0.25, 0.3) is 16.9 Å². The smallest absolute Gasteiger partial charge is 0.295 e. The molecular weight excluding hydrogens is 398 g/mol. The van der Waals surface area contributed by atoms with Gasteiger partial charge < -0.3 is 5.32 Å². The van der Waals surface area contributed by atoms with Crippen molar-refractivity contribution in [2.75, 3.05) is 5.32 Å². The van der Waals surface area contributed by atoms with Gasteiger partial charge in [0, 0.05) is 18.7 Å². The standard InChI is InChI=1S/C23H23N5O.ClH/c1-15-10-12-18(13-11-15)20-14-21(25-17(3)24-20)26-22-16(2)27(4)28(23(22)29)19-8-6-5-7-9-19;/h5-14H,1-4H3,(H,24,25,26);1H. The fraction of sp³-hybridized carbons (Fsp3) is 0.174. The molecule has 0 aliphatic carbocycles. The van der Waals surface area contributed by atoms with Crippen LogP contribution in [0.4, 0.5) is 11.5 Å². The number of para-hydroxylation sites is 1. The van der Waals surface area contributed by atoms with Gasteiger partial charge in [0.25, 0.3) is 5.56 Å². The van der Waals surface area contributed by atoms with Crippen molar-refractivity contribution in [2.24, 2.45) is 7.05 Å². The van der Waals surface area contributed by atoms with Gasteiger partial charge in [0.1, 0.15) is 17.3 Å². The third kappa shape index (κ3) is 4.00. The molecule has 0 unspecified atom stereocenters. The summed E-state index contributed by atoms with van der Waals surface area (Å²) in [5.74, 6) is 1.24.